The lowest BCUT2D eigenvalue weighted by atomic mass is 9.87. The number of benzene rings is 17. The molecule has 0 radical (unpaired) electrons. The van der Waals surface area contributed by atoms with Crippen molar-refractivity contribution in [3.63, 3.8) is 0 Å². The summed E-state index contributed by atoms with van der Waals surface area (Å²) in [6, 6.07) is 157. The van der Waals surface area contributed by atoms with E-state index in [9.17, 15) is 0 Å². The molecule has 0 unspecified atom stereocenters. The Labute approximate surface area is 745 Å². The summed E-state index contributed by atoms with van der Waals surface area (Å²) in [5.74, 6) is 1.77. The van der Waals surface area contributed by atoms with Crippen LogP contribution in [0, 0.1) is 0 Å². The topological polar surface area (TPSA) is 33.6 Å². The van der Waals surface area contributed by atoms with E-state index in [1.807, 2.05) is 36.4 Å². The van der Waals surface area contributed by atoms with Crippen LogP contribution in [0.25, 0.3) is 27.5 Å². The van der Waals surface area contributed by atoms with Crippen LogP contribution in [0.5, 0.6) is 11.5 Å². The molecule has 126 heavy (non-hydrogen) atoms. The highest BCUT2D eigenvalue weighted by molar-refractivity contribution is 6.09. The zero-order valence-corrected chi connectivity index (χ0v) is 74.2. The van der Waals surface area contributed by atoms with E-state index in [-0.39, 0.29) is 21.7 Å². The molecule has 0 amide bonds. The van der Waals surface area contributed by atoms with Gasteiger partial charge in [-0.15, -0.1) is 0 Å². The third-order valence-corrected chi connectivity index (χ3v) is 23.5. The summed E-state index contributed by atoms with van der Waals surface area (Å²) in [5, 5.41) is 2.56. The van der Waals surface area contributed by atoms with Gasteiger partial charge in [0, 0.05) is 84.7 Å². The molecule has 2 aliphatic heterocycles. The van der Waals surface area contributed by atoms with Gasteiger partial charge in [-0.2, -0.15) is 0 Å². The van der Waals surface area contributed by atoms with Gasteiger partial charge in [0.15, 0.2) is 11.5 Å². The van der Waals surface area contributed by atoms with E-state index in [2.05, 4.69) is 523 Å². The van der Waals surface area contributed by atoms with Crippen molar-refractivity contribution in [2.24, 2.45) is 0 Å². The van der Waals surface area contributed by atoms with Crippen LogP contribution < -0.4 is 34.1 Å². The smallest absolute Gasteiger partial charge is 0.151 e. The van der Waals surface area contributed by atoms with E-state index in [4.69, 9.17) is 4.74 Å². The standard InChI is InChI=1S/C34H30N2.C34H32N2.C28H26N2.C22H21NO/c1-34(2,3)25-17-19-27(20-18-25)35(26-11-5-4-6-12-26)28-21-23-29(24-22-28)36-32-15-9-7-13-30(32)31-14-8-10-16-33(31)36;1-34(2,3)27-19-21-31(22-20-27)36(30-17-11-6-12-18-30)33-25-23-32(24-26-33)35(28-13-7-4-8-14-28)29-15-9-5-10-16-29;1-28(2,3)21-17-19-23(20-18-21)30-26-15-9-7-13-24(26)29(22-11-5-4-6-12-22)25-14-8-10-16-27(25)30;1-22(2,3)16-12-14-17(15-13-16)23-18-8-4-6-10-20(18)24-21-11-7-5-9-19(21)23/h4-24H,1-3H3;4-26H,1-3H3;4-20H,1-3H3;4-15H,1-3H3. The molecule has 0 saturated heterocycles. The molecule has 0 spiro atoms. The Morgan fingerprint density at radius 2 is 0.373 bits per heavy atom. The number of rotatable bonds is 13. The molecular formula is C118H109N7O. The van der Waals surface area contributed by atoms with Crippen molar-refractivity contribution in [1.82, 2.24) is 4.57 Å². The number of aromatic nitrogens is 1. The molecule has 0 atom stereocenters. The van der Waals surface area contributed by atoms with E-state index in [0.717, 1.165) is 85.4 Å². The second-order valence-corrected chi connectivity index (χ2v) is 36.3. The van der Waals surface area contributed by atoms with Gasteiger partial charge in [0.2, 0.25) is 0 Å². The van der Waals surface area contributed by atoms with Gasteiger partial charge >= 0.3 is 0 Å². The number of hydrogen-bond acceptors (Lipinski definition) is 7. The number of anilines is 18. The Kier molecular flexibility index (Phi) is 23.8. The maximum atomic E-state index is 6.07. The van der Waals surface area contributed by atoms with Crippen LogP contribution in [0.2, 0.25) is 0 Å². The van der Waals surface area contributed by atoms with Crippen molar-refractivity contribution in [2.45, 2.75) is 105 Å². The highest BCUT2D eigenvalue weighted by Crippen LogP contribution is 2.55. The van der Waals surface area contributed by atoms with Crippen molar-refractivity contribution in [3.05, 3.63) is 465 Å². The third kappa shape index (κ3) is 17.9. The van der Waals surface area contributed by atoms with Crippen molar-refractivity contribution in [1.29, 1.82) is 0 Å². The number of ether oxygens (including phenoxy) is 1. The predicted molar refractivity (Wildman–Crippen MR) is 537 cm³/mol. The third-order valence-electron chi connectivity index (χ3n) is 23.5. The maximum Gasteiger partial charge on any atom is 0.151 e. The first kappa shape index (κ1) is 83.4. The minimum atomic E-state index is 0.121. The molecule has 18 aromatic rings. The van der Waals surface area contributed by atoms with Gasteiger partial charge in [-0.1, -0.05) is 308 Å². The summed E-state index contributed by atoms with van der Waals surface area (Å²) < 4.78 is 8.43. The molecule has 0 saturated carbocycles. The van der Waals surface area contributed by atoms with E-state index in [1.165, 1.54) is 78.2 Å². The number of para-hydroxylation sites is 15. The van der Waals surface area contributed by atoms with Crippen LogP contribution in [0.15, 0.2) is 443 Å². The lowest BCUT2D eigenvalue weighted by Crippen LogP contribution is -2.24. The van der Waals surface area contributed by atoms with Crippen LogP contribution in [0.3, 0.4) is 0 Å². The molecule has 0 aliphatic carbocycles. The summed E-state index contributed by atoms with van der Waals surface area (Å²) in [6.07, 6.45) is 0. The van der Waals surface area contributed by atoms with Crippen molar-refractivity contribution in [3.8, 4) is 17.2 Å². The fraction of sp³-hybridized carbons (Fsp3) is 0.136. The van der Waals surface area contributed by atoms with Crippen LogP contribution in [-0.4, -0.2) is 4.57 Å². The highest BCUT2D eigenvalue weighted by atomic mass is 16.5. The largest absolute Gasteiger partial charge is 0.453 e. The van der Waals surface area contributed by atoms with Gasteiger partial charge in [0.1, 0.15) is 0 Å². The Bertz CT molecular complexity index is 6490. The van der Waals surface area contributed by atoms with E-state index in [1.54, 1.807) is 0 Å². The summed E-state index contributed by atoms with van der Waals surface area (Å²) >= 11 is 0. The van der Waals surface area contributed by atoms with Gasteiger partial charge in [-0.05, 0) is 262 Å². The summed E-state index contributed by atoms with van der Waals surface area (Å²) in [5.41, 5.74) is 30.1. The molecule has 17 aromatic carbocycles. The molecule has 8 heteroatoms. The normalized spacial score (nSPS) is 12.1. The fourth-order valence-electron chi connectivity index (χ4n) is 16.9. The summed E-state index contributed by atoms with van der Waals surface area (Å²) in [6.45, 7) is 27.0. The Balaban J connectivity index is 0.000000120. The molecule has 0 bridgehead atoms. The Hall–Kier alpha value is -14.9. The quantitative estimate of drug-likeness (QED) is 0.114. The molecule has 1 aromatic heterocycles. The second-order valence-electron chi connectivity index (χ2n) is 36.3. The Morgan fingerprint density at radius 3 is 0.667 bits per heavy atom. The first-order chi connectivity index (χ1) is 61.1. The van der Waals surface area contributed by atoms with Crippen LogP contribution in [0.4, 0.5) is 102 Å². The summed E-state index contributed by atoms with van der Waals surface area (Å²) in [4.78, 5) is 13.9. The minimum absolute atomic E-state index is 0.121. The lowest BCUT2D eigenvalue weighted by molar-refractivity contribution is 0.477. The van der Waals surface area contributed by atoms with E-state index < -0.39 is 0 Å². The maximum absolute atomic E-state index is 6.07. The zero-order valence-electron chi connectivity index (χ0n) is 74.2. The SMILES string of the molecule is CC(C)(C)c1ccc(N(c2ccccc2)c2ccc(-n3c4ccccc4c4ccccc43)cc2)cc1.CC(C)(C)c1ccc(N(c2ccccc2)c2ccc(N(c3ccccc3)c3ccccc3)cc2)cc1.CC(C)(C)c1ccc(N2c3ccccc3N(c3ccccc3)c3ccccc32)cc1.CC(C)(C)c1ccc(N2c3ccccc3Oc3ccccc32)cc1. The zero-order chi connectivity index (χ0) is 87.1. The van der Waals surface area contributed by atoms with Gasteiger partial charge in [-0.3, -0.25) is 0 Å². The van der Waals surface area contributed by atoms with Gasteiger partial charge in [0.25, 0.3) is 0 Å². The van der Waals surface area contributed by atoms with Gasteiger partial charge in [-0.25, -0.2) is 0 Å². The molecule has 3 heterocycles. The fourth-order valence-corrected chi connectivity index (χ4v) is 16.9. The first-order valence-corrected chi connectivity index (χ1v) is 43.8. The average Bonchev–Trinajstić information content (AvgIpc) is 1.67. The van der Waals surface area contributed by atoms with Crippen molar-refractivity contribution < 1.29 is 4.74 Å². The Morgan fingerprint density at radius 1 is 0.175 bits per heavy atom. The minimum Gasteiger partial charge on any atom is -0.453 e. The van der Waals surface area contributed by atoms with Crippen LogP contribution in [0.1, 0.15) is 105 Å². The molecular weight excluding hydrogens is 1530 g/mol. The molecule has 8 nitrogen and oxygen atoms in total. The van der Waals surface area contributed by atoms with Crippen molar-refractivity contribution in [2.75, 3.05) is 29.4 Å². The number of nitrogens with zero attached hydrogens (tertiary/aromatic N) is 7. The van der Waals surface area contributed by atoms with Crippen LogP contribution >= 0.6 is 0 Å². The highest BCUT2D eigenvalue weighted by Gasteiger charge is 2.32. The van der Waals surface area contributed by atoms with Gasteiger partial charge < -0.3 is 38.7 Å². The monoisotopic (exact) mass is 1640 g/mol. The molecule has 0 N–H and O–H groups in total. The molecule has 2 aliphatic rings. The summed E-state index contributed by atoms with van der Waals surface area (Å²) in [7, 11) is 0. The van der Waals surface area contributed by atoms with E-state index in [0.29, 0.717) is 0 Å². The van der Waals surface area contributed by atoms with Crippen molar-refractivity contribution >= 4 is 124 Å². The molecule has 20 rings (SSSR count). The number of hydrogen-bond donors (Lipinski definition) is 0. The molecule has 0 fully saturated rings. The van der Waals surface area contributed by atoms with Gasteiger partial charge in [0.05, 0.1) is 45.2 Å². The molecule has 622 valence electrons. The average molecular weight is 1640 g/mol. The predicted octanol–water partition coefficient (Wildman–Crippen LogP) is 34.3. The second kappa shape index (κ2) is 35.9. The van der Waals surface area contributed by atoms with Crippen LogP contribution in [-0.2, 0) is 21.7 Å². The lowest BCUT2D eigenvalue weighted by Gasteiger charge is -2.40. The number of fused-ring (bicyclic) bond motifs is 7. The van der Waals surface area contributed by atoms with E-state index >= 15 is 0 Å². The first-order valence-electron chi connectivity index (χ1n) is 43.8.